The number of benzene rings is 1. The Labute approximate surface area is 197 Å². The van der Waals surface area contributed by atoms with Crippen LogP contribution in [0, 0.1) is 13.8 Å². The first-order valence-corrected chi connectivity index (χ1v) is 13.6. The number of rotatable bonds is 7. The Morgan fingerprint density at radius 3 is 2.42 bits per heavy atom. The van der Waals surface area contributed by atoms with Crippen molar-refractivity contribution in [3.8, 4) is 0 Å². The number of aryl methyl sites for hydroxylation is 1. The number of hydrogen-bond donors (Lipinski definition) is 1. The van der Waals surface area contributed by atoms with E-state index in [1.165, 1.54) is 36.4 Å². The summed E-state index contributed by atoms with van der Waals surface area (Å²) in [5.74, 6) is -0.189. The molecule has 1 amide bonds. The Balaban J connectivity index is 1.45. The van der Waals surface area contributed by atoms with Gasteiger partial charge in [0.15, 0.2) is 0 Å². The smallest absolute Gasteiger partial charge is 0.253 e. The van der Waals surface area contributed by atoms with Crippen molar-refractivity contribution in [1.82, 2.24) is 14.2 Å². The molecule has 0 bridgehead atoms. The number of nitrogens with zero attached hydrogens (tertiary/aromatic N) is 2. The third kappa shape index (κ3) is 5.50. The Bertz CT molecular complexity index is 1080. The predicted octanol–water partition coefficient (Wildman–Crippen LogP) is 3.70. The minimum atomic E-state index is -3.43. The second-order valence-corrected chi connectivity index (χ2v) is 11.1. The Hall–Kier alpha value is -2.16. The number of aromatic nitrogens is 1. The van der Waals surface area contributed by atoms with Crippen LogP contribution in [0.1, 0.15) is 71.0 Å². The van der Waals surface area contributed by atoms with Crippen molar-refractivity contribution in [3.63, 3.8) is 0 Å². The van der Waals surface area contributed by atoms with Crippen molar-refractivity contribution in [2.24, 2.45) is 0 Å². The van der Waals surface area contributed by atoms with E-state index < -0.39 is 10.0 Å². The standard InChI is InChI=1S/C25H35N3O4S/c1-19-16-24(20(2)28(19)23-10-4-3-5-11-23)25(29)26-17-21-8-6-7-9-22(21)18-33(30,31)27-12-14-32-15-13-27/h6-9,16,23H,3-5,10-15,17-18H2,1-2H3,(H,26,29). The maximum atomic E-state index is 13.1. The summed E-state index contributed by atoms with van der Waals surface area (Å²) >= 11 is 0. The summed E-state index contributed by atoms with van der Waals surface area (Å²) in [5.41, 5.74) is 4.39. The molecule has 33 heavy (non-hydrogen) atoms. The highest BCUT2D eigenvalue weighted by molar-refractivity contribution is 7.88. The highest BCUT2D eigenvalue weighted by Crippen LogP contribution is 2.32. The molecule has 2 aromatic rings. The van der Waals surface area contributed by atoms with Crippen molar-refractivity contribution in [3.05, 3.63) is 58.4 Å². The van der Waals surface area contributed by atoms with Gasteiger partial charge in [0.05, 0.1) is 24.5 Å². The maximum absolute atomic E-state index is 13.1. The molecule has 2 heterocycles. The van der Waals surface area contributed by atoms with E-state index in [-0.39, 0.29) is 11.7 Å². The van der Waals surface area contributed by atoms with Crippen LogP contribution in [0.3, 0.4) is 0 Å². The number of sulfonamides is 1. The molecule has 0 atom stereocenters. The molecule has 1 aliphatic carbocycles. The lowest BCUT2D eigenvalue weighted by atomic mass is 9.95. The minimum absolute atomic E-state index is 0.0742. The number of amides is 1. The van der Waals surface area contributed by atoms with Gasteiger partial charge in [0.25, 0.3) is 5.91 Å². The van der Waals surface area contributed by atoms with E-state index in [4.69, 9.17) is 4.74 Å². The average Bonchev–Trinajstić information content (AvgIpc) is 3.13. The normalized spacial score (nSPS) is 18.4. The first kappa shape index (κ1) is 24.0. The van der Waals surface area contributed by atoms with E-state index in [9.17, 15) is 13.2 Å². The number of carbonyl (C=O) groups is 1. The molecule has 180 valence electrons. The monoisotopic (exact) mass is 473 g/mol. The lowest BCUT2D eigenvalue weighted by Gasteiger charge is -2.26. The molecule has 2 aliphatic rings. The molecule has 8 heteroatoms. The van der Waals surface area contributed by atoms with E-state index in [1.54, 1.807) is 0 Å². The first-order chi connectivity index (χ1) is 15.9. The zero-order valence-electron chi connectivity index (χ0n) is 19.7. The summed E-state index contributed by atoms with van der Waals surface area (Å²) in [6.07, 6.45) is 6.12. The van der Waals surface area contributed by atoms with Gasteiger partial charge >= 0.3 is 0 Å². The van der Waals surface area contributed by atoms with Crippen molar-refractivity contribution in [2.75, 3.05) is 26.3 Å². The quantitative estimate of drug-likeness (QED) is 0.665. The molecule has 7 nitrogen and oxygen atoms in total. The molecule has 1 saturated heterocycles. The van der Waals surface area contributed by atoms with E-state index in [0.29, 0.717) is 44.5 Å². The van der Waals surface area contributed by atoms with Gasteiger partial charge < -0.3 is 14.6 Å². The summed E-state index contributed by atoms with van der Waals surface area (Å²) in [7, 11) is -3.43. The topological polar surface area (TPSA) is 80.6 Å². The maximum Gasteiger partial charge on any atom is 0.253 e. The molecule has 0 radical (unpaired) electrons. The third-order valence-electron chi connectivity index (χ3n) is 6.93. The minimum Gasteiger partial charge on any atom is -0.379 e. The molecule has 1 aromatic heterocycles. The van der Waals surface area contributed by atoms with E-state index in [1.807, 2.05) is 37.3 Å². The van der Waals surface area contributed by atoms with Gasteiger partial charge in [-0.2, -0.15) is 4.31 Å². The zero-order chi connectivity index (χ0) is 23.4. The molecule has 2 fully saturated rings. The molecular formula is C25H35N3O4S. The van der Waals surface area contributed by atoms with Crippen molar-refractivity contribution in [2.45, 2.75) is 64.3 Å². The summed E-state index contributed by atoms with van der Waals surface area (Å²) in [5, 5.41) is 3.02. The Kier molecular flexibility index (Phi) is 7.56. The average molecular weight is 474 g/mol. The van der Waals surface area contributed by atoms with Crippen molar-refractivity contribution in [1.29, 1.82) is 0 Å². The molecule has 1 aliphatic heterocycles. The van der Waals surface area contributed by atoms with Gasteiger partial charge in [-0.1, -0.05) is 43.5 Å². The Morgan fingerprint density at radius 1 is 1.06 bits per heavy atom. The van der Waals surface area contributed by atoms with Crippen LogP contribution >= 0.6 is 0 Å². The highest BCUT2D eigenvalue weighted by Gasteiger charge is 2.26. The van der Waals surface area contributed by atoms with Crippen LogP contribution in [0.2, 0.25) is 0 Å². The highest BCUT2D eigenvalue weighted by atomic mass is 32.2. The third-order valence-corrected chi connectivity index (χ3v) is 8.76. The fraction of sp³-hybridized carbons (Fsp3) is 0.560. The second kappa shape index (κ2) is 10.4. The van der Waals surface area contributed by atoms with Crippen LogP contribution in [0.5, 0.6) is 0 Å². The molecule has 1 N–H and O–H groups in total. The van der Waals surface area contributed by atoms with Crippen molar-refractivity contribution < 1.29 is 17.9 Å². The van der Waals surface area contributed by atoms with E-state index in [2.05, 4.69) is 16.8 Å². The second-order valence-electron chi connectivity index (χ2n) is 9.17. The number of hydrogen-bond acceptors (Lipinski definition) is 4. The van der Waals surface area contributed by atoms with Crippen LogP contribution in [-0.4, -0.2) is 49.5 Å². The summed E-state index contributed by atoms with van der Waals surface area (Å²) < 4.78 is 34.9. The fourth-order valence-electron chi connectivity index (χ4n) is 5.16. The van der Waals surface area contributed by atoms with Gasteiger partial charge in [0, 0.05) is 37.1 Å². The molecule has 1 aromatic carbocycles. The molecule has 0 spiro atoms. The Morgan fingerprint density at radius 2 is 1.73 bits per heavy atom. The van der Waals surface area contributed by atoms with Crippen LogP contribution in [0.25, 0.3) is 0 Å². The summed E-state index contributed by atoms with van der Waals surface area (Å²) in [4.78, 5) is 13.1. The molecule has 1 saturated carbocycles. The van der Waals surface area contributed by atoms with Crippen LogP contribution in [-0.2, 0) is 27.1 Å². The predicted molar refractivity (Wildman–Crippen MR) is 129 cm³/mol. The van der Waals surface area contributed by atoms with Gasteiger partial charge in [0.1, 0.15) is 0 Å². The van der Waals surface area contributed by atoms with Gasteiger partial charge in [-0.05, 0) is 43.9 Å². The SMILES string of the molecule is Cc1cc(C(=O)NCc2ccccc2CS(=O)(=O)N2CCOCC2)c(C)n1C1CCCCC1. The van der Waals surface area contributed by atoms with Crippen LogP contribution in [0.4, 0.5) is 0 Å². The molecule has 4 rings (SSSR count). The number of ether oxygens (including phenoxy) is 1. The van der Waals surface area contributed by atoms with E-state index >= 15 is 0 Å². The van der Waals surface area contributed by atoms with Gasteiger partial charge in [-0.15, -0.1) is 0 Å². The summed E-state index contributed by atoms with van der Waals surface area (Å²) in [6, 6.07) is 9.89. The lowest BCUT2D eigenvalue weighted by Crippen LogP contribution is -2.41. The van der Waals surface area contributed by atoms with Crippen molar-refractivity contribution >= 4 is 15.9 Å². The number of carbonyl (C=O) groups excluding carboxylic acids is 1. The number of morpholine rings is 1. The van der Waals surface area contributed by atoms with Crippen LogP contribution < -0.4 is 5.32 Å². The largest absolute Gasteiger partial charge is 0.379 e. The van der Waals surface area contributed by atoms with Gasteiger partial charge in [-0.3, -0.25) is 4.79 Å². The molecule has 0 unspecified atom stereocenters. The van der Waals surface area contributed by atoms with Gasteiger partial charge in [0.2, 0.25) is 10.0 Å². The fourth-order valence-corrected chi connectivity index (χ4v) is 6.72. The van der Waals surface area contributed by atoms with Crippen LogP contribution in [0.15, 0.2) is 30.3 Å². The van der Waals surface area contributed by atoms with Gasteiger partial charge in [-0.25, -0.2) is 8.42 Å². The zero-order valence-corrected chi connectivity index (χ0v) is 20.5. The van der Waals surface area contributed by atoms with E-state index in [0.717, 1.165) is 22.5 Å². The first-order valence-electron chi connectivity index (χ1n) is 12.0. The molecular weight excluding hydrogens is 438 g/mol. The summed E-state index contributed by atoms with van der Waals surface area (Å²) in [6.45, 7) is 6.02. The lowest BCUT2D eigenvalue weighted by molar-refractivity contribution is 0.0729. The number of nitrogens with one attached hydrogen (secondary N) is 1.